The highest BCUT2D eigenvalue weighted by atomic mass is 16.5. The number of ether oxygens (including phenoxy) is 1. The summed E-state index contributed by atoms with van der Waals surface area (Å²) in [5.41, 5.74) is 3.52. The lowest BCUT2D eigenvalue weighted by atomic mass is 10.1. The zero-order valence-electron chi connectivity index (χ0n) is 15.2. The zero-order valence-corrected chi connectivity index (χ0v) is 15.2. The number of rotatable bonds is 7. The molecule has 2 aromatic rings. The van der Waals surface area contributed by atoms with Crippen LogP contribution < -0.4 is 10.2 Å². The largest absolute Gasteiger partial charge is 0.383 e. The molecule has 2 heterocycles. The molecule has 1 N–H and O–H groups in total. The molecule has 5 heteroatoms. The average molecular weight is 340 g/mol. The first-order chi connectivity index (χ1) is 12.3. The number of aromatic nitrogens is 1. The van der Waals surface area contributed by atoms with Gasteiger partial charge < -0.3 is 15.0 Å². The molecule has 1 aliphatic rings. The first kappa shape index (κ1) is 17.7. The maximum absolute atomic E-state index is 5.18. The van der Waals surface area contributed by atoms with E-state index in [1.807, 2.05) is 12.3 Å². The van der Waals surface area contributed by atoms with Crippen molar-refractivity contribution in [2.24, 2.45) is 0 Å². The van der Waals surface area contributed by atoms with Crippen LogP contribution in [-0.4, -0.2) is 56.3 Å². The second-order valence-electron chi connectivity index (χ2n) is 6.37. The standard InChI is InChI=1S/C20H28N4O/c1-3-17-6-4-7-18(16-17)22-19-8-5-9-21-20(19)24-12-10-23(11-13-24)14-15-25-2/h4-9,16,22H,3,10-15H2,1-2H3. The predicted molar refractivity (Wildman–Crippen MR) is 104 cm³/mol. The number of anilines is 3. The maximum atomic E-state index is 5.18. The molecule has 5 nitrogen and oxygen atoms in total. The van der Waals surface area contributed by atoms with Gasteiger partial charge in [-0.15, -0.1) is 0 Å². The third-order valence-electron chi connectivity index (χ3n) is 4.68. The maximum Gasteiger partial charge on any atom is 0.152 e. The lowest BCUT2D eigenvalue weighted by Crippen LogP contribution is -2.47. The third kappa shape index (κ3) is 4.71. The van der Waals surface area contributed by atoms with E-state index in [0.717, 1.165) is 62.9 Å². The van der Waals surface area contributed by atoms with Gasteiger partial charge in [0.1, 0.15) is 0 Å². The van der Waals surface area contributed by atoms with Crippen molar-refractivity contribution in [3.8, 4) is 0 Å². The fraction of sp³-hybridized carbons (Fsp3) is 0.450. The molecular weight excluding hydrogens is 312 g/mol. The molecule has 0 atom stereocenters. The van der Waals surface area contributed by atoms with E-state index < -0.39 is 0 Å². The van der Waals surface area contributed by atoms with Gasteiger partial charge in [0.05, 0.1) is 12.3 Å². The van der Waals surface area contributed by atoms with Crippen LogP contribution in [0.5, 0.6) is 0 Å². The molecule has 0 amide bonds. The van der Waals surface area contributed by atoms with E-state index in [1.165, 1.54) is 5.56 Å². The summed E-state index contributed by atoms with van der Waals surface area (Å²) in [6.45, 7) is 8.05. The van der Waals surface area contributed by atoms with Crippen molar-refractivity contribution in [1.29, 1.82) is 0 Å². The van der Waals surface area contributed by atoms with E-state index in [4.69, 9.17) is 4.74 Å². The summed E-state index contributed by atoms with van der Waals surface area (Å²) >= 11 is 0. The van der Waals surface area contributed by atoms with E-state index >= 15 is 0 Å². The SMILES string of the molecule is CCc1cccc(Nc2cccnc2N2CCN(CCOC)CC2)c1. The Hall–Kier alpha value is -2.11. The number of pyridine rings is 1. The van der Waals surface area contributed by atoms with Crippen LogP contribution >= 0.6 is 0 Å². The van der Waals surface area contributed by atoms with Crippen molar-refractivity contribution in [2.45, 2.75) is 13.3 Å². The monoisotopic (exact) mass is 340 g/mol. The van der Waals surface area contributed by atoms with Gasteiger partial charge in [-0.25, -0.2) is 4.98 Å². The summed E-state index contributed by atoms with van der Waals surface area (Å²) in [6, 6.07) is 12.7. The molecule has 0 unspecified atom stereocenters. The molecule has 0 bridgehead atoms. The van der Waals surface area contributed by atoms with Crippen LogP contribution in [0.2, 0.25) is 0 Å². The Morgan fingerprint density at radius 3 is 2.72 bits per heavy atom. The Bertz CT molecular complexity index is 668. The van der Waals surface area contributed by atoms with Gasteiger partial charge in [0.15, 0.2) is 5.82 Å². The summed E-state index contributed by atoms with van der Waals surface area (Å²) in [6.07, 6.45) is 2.92. The van der Waals surface area contributed by atoms with Crippen LogP contribution in [0.1, 0.15) is 12.5 Å². The molecular formula is C20H28N4O. The normalized spacial score (nSPS) is 15.4. The van der Waals surface area contributed by atoms with Gasteiger partial charge in [-0.05, 0) is 36.2 Å². The number of methoxy groups -OCH3 is 1. The Balaban J connectivity index is 1.69. The Morgan fingerprint density at radius 2 is 1.96 bits per heavy atom. The molecule has 1 aliphatic heterocycles. The van der Waals surface area contributed by atoms with Crippen molar-refractivity contribution in [3.05, 3.63) is 48.2 Å². The molecule has 3 rings (SSSR count). The van der Waals surface area contributed by atoms with Gasteiger partial charge in [0, 0.05) is 51.7 Å². The minimum absolute atomic E-state index is 0.796. The number of hydrogen-bond acceptors (Lipinski definition) is 5. The quantitative estimate of drug-likeness (QED) is 0.838. The van der Waals surface area contributed by atoms with Gasteiger partial charge in [0.2, 0.25) is 0 Å². The minimum Gasteiger partial charge on any atom is -0.383 e. The summed E-state index contributed by atoms with van der Waals surface area (Å²) < 4.78 is 5.18. The van der Waals surface area contributed by atoms with Crippen LogP contribution in [0.3, 0.4) is 0 Å². The van der Waals surface area contributed by atoms with Crippen LogP contribution in [0.4, 0.5) is 17.2 Å². The lowest BCUT2D eigenvalue weighted by Gasteiger charge is -2.36. The Kier molecular flexibility index (Phi) is 6.25. The molecule has 1 aromatic carbocycles. The van der Waals surface area contributed by atoms with Crippen LogP contribution in [0.25, 0.3) is 0 Å². The molecule has 25 heavy (non-hydrogen) atoms. The number of nitrogens with zero attached hydrogens (tertiary/aromatic N) is 3. The van der Waals surface area contributed by atoms with Crippen LogP contribution in [-0.2, 0) is 11.2 Å². The van der Waals surface area contributed by atoms with Crippen molar-refractivity contribution in [3.63, 3.8) is 0 Å². The number of benzene rings is 1. The summed E-state index contributed by atoms with van der Waals surface area (Å²) in [7, 11) is 1.76. The first-order valence-corrected chi connectivity index (χ1v) is 9.07. The van der Waals surface area contributed by atoms with Gasteiger partial charge in [0.25, 0.3) is 0 Å². The second-order valence-corrected chi connectivity index (χ2v) is 6.37. The summed E-state index contributed by atoms with van der Waals surface area (Å²) in [4.78, 5) is 9.46. The number of piperazine rings is 1. The third-order valence-corrected chi connectivity index (χ3v) is 4.68. The fourth-order valence-corrected chi connectivity index (χ4v) is 3.17. The number of nitrogens with one attached hydrogen (secondary N) is 1. The average Bonchev–Trinajstić information content (AvgIpc) is 2.67. The van der Waals surface area contributed by atoms with Crippen LogP contribution in [0, 0.1) is 0 Å². The number of hydrogen-bond donors (Lipinski definition) is 1. The molecule has 0 radical (unpaired) electrons. The van der Waals surface area contributed by atoms with Crippen molar-refractivity contribution in [2.75, 3.05) is 56.7 Å². The minimum atomic E-state index is 0.796. The van der Waals surface area contributed by atoms with Crippen molar-refractivity contribution >= 4 is 17.2 Å². The lowest BCUT2D eigenvalue weighted by molar-refractivity contribution is 0.144. The van der Waals surface area contributed by atoms with Crippen molar-refractivity contribution < 1.29 is 4.74 Å². The van der Waals surface area contributed by atoms with Gasteiger partial charge in [-0.1, -0.05) is 19.1 Å². The summed E-state index contributed by atoms with van der Waals surface area (Å²) in [5.74, 6) is 1.04. The Morgan fingerprint density at radius 1 is 1.12 bits per heavy atom. The predicted octanol–water partition coefficient (Wildman–Crippen LogP) is 3.16. The van der Waals surface area contributed by atoms with E-state index in [-0.39, 0.29) is 0 Å². The van der Waals surface area contributed by atoms with E-state index in [1.54, 1.807) is 7.11 Å². The molecule has 0 saturated carbocycles. The van der Waals surface area contributed by atoms with E-state index in [0.29, 0.717) is 0 Å². The topological polar surface area (TPSA) is 40.6 Å². The first-order valence-electron chi connectivity index (χ1n) is 9.07. The summed E-state index contributed by atoms with van der Waals surface area (Å²) in [5, 5.41) is 3.55. The van der Waals surface area contributed by atoms with Gasteiger partial charge >= 0.3 is 0 Å². The highest BCUT2D eigenvalue weighted by Crippen LogP contribution is 2.27. The van der Waals surface area contributed by atoms with E-state index in [2.05, 4.69) is 57.4 Å². The Labute approximate surface area is 150 Å². The van der Waals surface area contributed by atoms with Crippen molar-refractivity contribution in [1.82, 2.24) is 9.88 Å². The highest BCUT2D eigenvalue weighted by molar-refractivity contribution is 5.72. The zero-order chi connectivity index (χ0) is 17.5. The smallest absolute Gasteiger partial charge is 0.152 e. The van der Waals surface area contributed by atoms with Gasteiger partial charge in [-0.2, -0.15) is 0 Å². The highest BCUT2D eigenvalue weighted by Gasteiger charge is 2.19. The fourth-order valence-electron chi connectivity index (χ4n) is 3.17. The molecule has 1 fully saturated rings. The molecule has 0 aliphatic carbocycles. The molecule has 1 saturated heterocycles. The van der Waals surface area contributed by atoms with Gasteiger partial charge in [-0.3, -0.25) is 4.90 Å². The molecule has 134 valence electrons. The second kappa shape index (κ2) is 8.83. The van der Waals surface area contributed by atoms with E-state index in [9.17, 15) is 0 Å². The molecule has 1 aromatic heterocycles. The molecule has 0 spiro atoms. The number of aryl methyl sites for hydroxylation is 1. The van der Waals surface area contributed by atoms with Crippen LogP contribution in [0.15, 0.2) is 42.6 Å².